The predicted octanol–water partition coefficient (Wildman–Crippen LogP) is 4.42. The zero-order chi connectivity index (χ0) is 20.6. The Balaban J connectivity index is 1.44. The van der Waals surface area contributed by atoms with Crippen molar-refractivity contribution in [2.75, 3.05) is 26.2 Å². The number of amides is 1. The second kappa shape index (κ2) is 10.7. The van der Waals surface area contributed by atoms with Crippen molar-refractivity contribution in [1.82, 2.24) is 20.0 Å². The minimum atomic E-state index is -0.285. The van der Waals surface area contributed by atoms with Gasteiger partial charge in [-0.15, -0.1) is 0 Å². The topological polar surface area (TPSA) is 50.2 Å². The van der Waals surface area contributed by atoms with Gasteiger partial charge in [0.25, 0.3) is 5.91 Å². The first-order valence-corrected chi connectivity index (χ1v) is 10.9. The van der Waals surface area contributed by atoms with Gasteiger partial charge >= 0.3 is 0 Å². The third-order valence-corrected chi connectivity index (χ3v) is 5.81. The lowest BCUT2D eigenvalue weighted by molar-refractivity contribution is 0.0952. The molecular weight excluding hydrogens is 391 g/mol. The molecule has 0 aliphatic carbocycles. The Kier molecular flexibility index (Phi) is 8.07. The molecule has 2 heterocycles. The summed E-state index contributed by atoms with van der Waals surface area (Å²) in [5, 5.41) is 7.66. The Morgan fingerprint density at radius 1 is 1.14 bits per heavy atom. The first-order chi connectivity index (χ1) is 14.0. The number of aromatic nitrogens is 2. The number of hydrogen-bond acceptors (Lipinski definition) is 3. The van der Waals surface area contributed by atoms with Crippen molar-refractivity contribution in [1.29, 1.82) is 0 Å². The largest absolute Gasteiger partial charge is 0.352 e. The first kappa shape index (κ1) is 21.8. The van der Waals surface area contributed by atoms with Crippen LogP contribution in [0.1, 0.15) is 60.1 Å². The third kappa shape index (κ3) is 6.28. The number of nitrogens with one attached hydrogen (secondary N) is 1. The maximum atomic E-state index is 13.1. The number of halogens is 2. The van der Waals surface area contributed by atoms with Crippen molar-refractivity contribution in [3.63, 3.8) is 0 Å². The molecule has 1 N–H and O–H groups in total. The number of carbonyl (C=O) groups is 1. The number of likely N-dealkylation sites (tertiary alicyclic amines) is 1. The Bertz CT molecular complexity index is 800. The van der Waals surface area contributed by atoms with E-state index in [9.17, 15) is 9.18 Å². The molecule has 158 valence electrons. The van der Waals surface area contributed by atoms with Gasteiger partial charge in [0.2, 0.25) is 0 Å². The van der Waals surface area contributed by atoms with Gasteiger partial charge in [0.1, 0.15) is 11.0 Å². The van der Waals surface area contributed by atoms with E-state index in [1.54, 1.807) is 23.7 Å². The molecule has 0 spiro atoms. The van der Waals surface area contributed by atoms with Crippen LogP contribution >= 0.6 is 11.6 Å². The average Bonchev–Trinajstić information content (AvgIpc) is 3.00. The van der Waals surface area contributed by atoms with Crippen molar-refractivity contribution in [3.8, 4) is 0 Å². The van der Waals surface area contributed by atoms with Gasteiger partial charge in [0.05, 0.1) is 17.8 Å². The van der Waals surface area contributed by atoms with E-state index in [0.717, 1.165) is 24.9 Å². The number of hydrogen-bond donors (Lipinski definition) is 1. The van der Waals surface area contributed by atoms with E-state index in [4.69, 9.17) is 11.6 Å². The van der Waals surface area contributed by atoms with Gasteiger partial charge in [0.15, 0.2) is 0 Å². The molecule has 3 rings (SSSR count). The van der Waals surface area contributed by atoms with Crippen LogP contribution in [0.4, 0.5) is 4.39 Å². The van der Waals surface area contributed by atoms with Gasteiger partial charge in [-0.1, -0.05) is 36.6 Å². The second-order valence-electron chi connectivity index (χ2n) is 7.75. The predicted molar refractivity (Wildman–Crippen MR) is 114 cm³/mol. The van der Waals surface area contributed by atoms with E-state index in [1.165, 1.54) is 50.9 Å². The molecule has 0 saturated carbocycles. The number of carbonyl (C=O) groups excluding carboxylic acids is 1. The third-order valence-electron chi connectivity index (χ3n) is 5.42. The van der Waals surface area contributed by atoms with E-state index in [1.807, 2.05) is 0 Å². The summed E-state index contributed by atoms with van der Waals surface area (Å²) in [5.74, 6) is -0.471. The molecule has 1 aromatic heterocycles. The highest BCUT2D eigenvalue weighted by Crippen LogP contribution is 2.21. The monoisotopic (exact) mass is 420 g/mol. The summed E-state index contributed by atoms with van der Waals surface area (Å²) in [5.41, 5.74) is 1.89. The zero-order valence-corrected chi connectivity index (χ0v) is 17.8. The lowest BCUT2D eigenvalue weighted by atomic mass is 10.1. The van der Waals surface area contributed by atoms with Crippen LogP contribution in [-0.2, 0) is 6.54 Å². The van der Waals surface area contributed by atoms with Gasteiger partial charge in [-0.25, -0.2) is 9.07 Å². The number of piperidine rings is 1. The molecule has 1 amide bonds. The Morgan fingerprint density at radius 2 is 1.86 bits per heavy atom. The van der Waals surface area contributed by atoms with Crippen LogP contribution in [0.2, 0.25) is 5.15 Å². The molecule has 0 atom stereocenters. The fourth-order valence-corrected chi connectivity index (χ4v) is 4.11. The molecule has 29 heavy (non-hydrogen) atoms. The fraction of sp³-hybridized carbons (Fsp3) is 0.545. The molecule has 7 heteroatoms. The van der Waals surface area contributed by atoms with E-state index in [2.05, 4.69) is 15.3 Å². The Morgan fingerprint density at radius 3 is 2.59 bits per heavy atom. The number of aryl methyl sites for hydroxylation is 1. The molecule has 2 aromatic rings. The molecule has 1 aromatic carbocycles. The summed E-state index contributed by atoms with van der Waals surface area (Å²) in [6.07, 6.45) is 7.25. The Labute approximate surface area is 177 Å². The average molecular weight is 421 g/mol. The molecular formula is C22H30ClFN4O. The van der Waals surface area contributed by atoms with Gasteiger partial charge < -0.3 is 10.2 Å². The molecule has 1 aliphatic heterocycles. The molecule has 1 fully saturated rings. The standard InChI is InChI=1S/C22H30ClFN4O/c1-17-20(21(23)28(26-17)16-18-8-10-19(24)11-9-18)22(29)25-12-4-2-5-13-27-14-6-3-7-15-27/h8-11H,2-7,12-16H2,1H3,(H,25,29). The van der Waals surface area contributed by atoms with Crippen molar-refractivity contribution < 1.29 is 9.18 Å². The lowest BCUT2D eigenvalue weighted by Crippen LogP contribution is -2.30. The molecule has 0 bridgehead atoms. The van der Waals surface area contributed by atoms with Gasteiger partial charge in [-0.05, 0) is 69.9 Å². The number of nitrogens with zero attached hydrogens (tertiary/aromatic N) is 3. The maximum Gasteiger partial charge on any atom is 0.256 e. The van der Waals surface area contributed by atoms with Crippen molar-refractivity contribution >= 4 is 17.5 Å². The summed E-state index contributed by atoms with van der Waals surface area (Å²) in [6, 6.07) is 6.18. The van der Waals surface area contributed by atoms with Crippen molar-refractivity contribution in [2.45, 2.75) is 52.0 Å². The van der Waals surface area contributed by atoms with Gasteiger partial charge in [-0.2, -0.15) is 5.10 Å². The minimum Gasteiger partial charge on any atom is -0.352 e. The maximum absolute atomic E-state index is 13.1. The SMILES string of the molecule is Cc1nn(Cc2ccc(F)cc2)c(Cl)c1C(=O)NCCCCCN1CCCCC1. The molecule has 1 saturated heterocycles. The van der Waals surface area contributed by atoms with Crippen LogP contribution in [0.25, 0.3) is 0 Å². The van der Waals surface area contributed by atoms with Crippen molar-refractivity contribution in [3.05, 3.63) is 52.1 Å². The van der Waals surface area contributed by atoms with E-state index >= 15 is 0 Å². The highest BCUT2D eigenvalue weighted by atomic mass is 35.5. The van der Waals surface area contributed by atoms with E-state index < -0.39 is 0 Å². The lowest BCUT2D eigenvalue weighted by Gasteiger charge is -2.26. The Hall–Kier alpha value is -1.92. The molecule has 5 nitrogen and oxygen atoms in total. The second-order valence-corrected chi connectivity index (χ2v) is 8.11. The van der Waals surface area contributed by atoms with E-state index in [0.29, 0.717) is 29.5 Å². The normalized spacial score (nSPS) is 14.9. The molecule has 0 unspecified atom stereocenters. The fourth-order valence-electron chi connectivity index (χ4n) is 3.79. The summed E-state index contributed by atoms with van der Waals surface area (Å²) in [7, 11) is 0. The smallest absolute Gasteiger partial charge is 0.256 e. The number of unbranched alkanes of at least 4 members (excludes halogenated alkanes) is 2. The quantitative estimate of drug-likeness (QED) is 0.611. The van der Waals surface area contributed by atoms with Gasteiger partial charge in [0, 0.05) is 6.54 Å². The highest BCUT2D eigenvalue weighted by molar-refractivity contribution is 6.33. The highest BCUT2D eigenvalue weighted by Gasteiger charge is 2.20. The summed E-state index contributed by atoms with van der Waals surface area (Å²) in [6.45, 7) is 6.43. The minimum absolute atomic E-state index is 0.186. The van der Waals surface area contributed by atoms with Crippen molar-refractivity contribution in [2.24, 2.45) is 0 Å². The van der Waals surface area contributed by atoms with Crippen LogP contribution < -0.4 is 5.32 Å². The molecule has 1 aliphatic rings. The summed E-state index contributed by atoms with van der Waals surface area (Å²) >= 11 is 6.41. The van der Waals surface area contributed by atoms with Gasteiger partial charge in [-0.3, -0.25) is 4.79 Å². The van der Waals surface area contributed by atoms with E-state index in [-0.39, 0.29) is 11.7 Å². The van der Waals surface area contributed by atoms with Crippen LogP contribution in [0.15, 0.2) is 24.3 Å². The summed E-state index contributed by atoms with van der Waals surface area (Å²) < 4.78 is 14.6. The van der Waals surface area contributed by atoms with Crippen LogP contribution in [0, 0.1) is 12.7 Å². The number of benzene rings is 1. The van der Waals surface area contributed by atoms with Crippen LogP contribution in [-0.4, -0.2) is 46.8 Å². The number of rotatable bonds is 9. The van der Waals surface area contributed by atoms with Crippen LogP contribution in [0.3, 0.4) is 0 Å². The molecule has 0 radical (unpaired) electrons. The zero-order valence-electron chi connectivity index (χ0n) is 17.1. The van der Waals surface area contributed by atoms with Crippen LogP contribution in [0.5, 0.6) is 0 Å². The first-order valence-electron chi connectivity index (χ1n) is 10.5. The summed E-state index contributed by atoms with van der Waals surface area (Å²) in [4.78, 5) is 15.1.